The van der Waals surface area contributed by atoms with E-state index in [1.807, 2.05) is 13.8 Å². The van der Waals surface area contributed by atoms with Gasteiger partial charge in [0, 0.05) is 24.7 Å². The average Bonchev–Trinajstić information content (AvgIpc) is 3.73. The summed E-state index contributed by atoms with van der Waals surface area (Å²) < 4.78 is 55.4. The lowest BCUT2D eigenvalue weighted by Gasteiger charge is -2.30. The number of aliphatic hydroxyl groups excluding tert-OH is 1. The van der Waals surface area contributed by atoms with E-state index >= 15 is 0 Å². The molecule has 14 nitrogen and oxygen atoms in total. The molecule has 3 aromatic carbocycles. The van der Waals surface area contributed by atoms with Gasteiger partial charge in [-0.3, -0.25) is 0 Å². The lowest BCUT2D eigenvalue weighted by molar-refractivity contribution is 0.0980. The number of nitrogens with zero attached hydrogens (tertiary/aromatic N) is 3. The van der Waals surface area contributed by atoms with Crippen LogP contribution >= 0.6 is 0 Å². The predicted molar refractivity (Wildman–Crippen MR) is 168 cm³/mol. The van der Waals surface area contributed by atoms with E-state index in [9.17, 15) is 23.4 Å². The van der Waals surface area contributed by atoms with Gasteiger partial charge in [0.1, 0.15) is 11.5 Å². The van der Waals surface area contributed by atoms with Crippen molar-refractivity contribution in [2.24, 2.45) is 5.92 Å². The number of aliphatic hydroxyl groups is 1. The summed E-state index contributed by atoms with van der Waals surface area (Å²) in [5.41, 5.74) is 1.42. The minimum absolute atomic E-state index is 0.00604. The molecular formula is C32H36N4O10S. The third kappa shape index (κ3) is 8.49. The van der Waals surface area contributed by atoms with E-state index in [4.69, 9.17) is 23.5 Å². The Morgan fingerprint density at radius 2 is 1.70 bits per heavy atom. The first-order valence-corrected chi connectivity index (χ1v) is 16.2. The number of ether oxygens (including phenoxy) is 4. The van der Waals surface area contributed by atoms with Crippen molar-refractivity contribution < 1.29 is 46.9 Å². The molecule has 0 aliphatic carbocycles. The molecule has 47 heavy (non-hydrogen) atoms. The van der Waals surface area contributed by atoms with E-state index < -0.39 is 28.3 Å². The van der Waals surface area contributed by atoms with Crippen LogP contribution in [-0.4, -0.2) is 78.3 Å². The first-order chi connectivity index (χ1) is 22.5. The van der Waals surface area contributed by atoms with Crippen molar-refractivity contribution >= 4 is 16.1 Å². The van der Waals surface area contributed by atoms with Gasteiger partial charge in [-0.25, -0.2) is 13.2 Å². The summed E-state index contributed by atoms with van der Waals surface area (Å²) in [6.45, 7) is 3.50. The molecule has 0 fully saturated rings. The molecule has 0 unspecified atom stereocenters. The van der Waals surface area contributed by atoms with Crippen LogP contribution in [0.5, 0.6) is 23.0 Å². The van der Waals surface area contributed by atoms with Crippen LogP contribution in [0.1, 0.15) is 25.2 Å². The van der Waals surface area contributed by atoms with Crippen LogP contribution in [0.4, 0.5) is 4.79 Å². The van der Waals surface area contributed by atoms with Crippen molar-refractivity contribution in [3.63, 3.8) is 0 Å². The second kappa shape index (κ2) is 14.7. The van der Waals surface area contributed by atoms with Crippen molar-refractivity contribution in [2.45, 2.75) is 43.9 Å². The maximum absolute atomic E-state index is 13.7. The molecule has 0 bridgehead atoms. The molecule has 250 valence electrons. The molecule has 0 spiro atoms. The number of nitrogens with one attached hydrogen (secondary N) is 1. The lowest BCUT2D eigenvalue weighted by atomic mass is 10.0. The molecular weight excluding hydrogens is 632 g/mol. The number of fused-ring (bicyclic) bond motifs is 1. The van der Waals surface area contributed by atoms with Crippen LogP contribution in [0.3, 0.4) is 0 Å². The molecule has 3 N–H and O–H groups in total. The van der Waals surface area contributed by atoms with Gasteiger partial charge >= 0.3 is 6.09 Å². The van der Waals surface area contributed by atoms with Crippen LogP contribution in [0.15, 0.2) is 76.1 Å². The topological polar surface area (TPSA) is 183 Å². The number of carbonyl (C=O) groups is 1. The Hall–Kier alpha value is -4.86. The van der Waals surface area contributed by atoms with Crippen molar-refractivity contribution in [3.05, 3.63) is 78.1 Å². The van der Waals surface area contributed by atoms with Gasteiger partial charge in [0.25, 0.3) is 5.89 Å². The zero-order valence-electron chi connectivity index (χ0n) is 26.0. The van der Waals surface area contributed by atoms with E-state index in [1.165, 1.54) is 18.2 Å². The van der Waals surface area contributed by atoms with Gasteiger partial charge in [0.05, 0.1) is 24.2 Å². The summed E-state index contributed by atoms with van der Waals surface area (Å²) in [6, 6.07) is 17.3. The fourth-order valence-corrected chi connectivity index (χ4v) is 6.57. The highest BCUT2D eigenvalue weighted by Crippen LogP contribution is 2.35. The normalized spacial score (nSPS) is 13.8. The van der Waals surface area contributed by atoms with Gasteiger partial charge in [-0.05, 0) is 66.4 Å². The van der Waals surface area contributed by atoms with Crippen LogP contribution in [0.25, 0.3) is 11.5 Å². The van der Waals surface area contributed by atoms with E-state index in [0.29, 0.717) is 40.3 Å². The Bertz CT molecular complexity index is 1760. The van der Waals surface area contributed by atoms with E-state index in [0.717, 1.165) is 9.87 Å². The van der Waals surface area contributed by atoms with Crippen molar-refractivity contribution in [1.29, 1.82) is 0 Å². The standard InChI is InChI=1S/C32H36N4O10S/c1-20(2)16-36(47(40,41)25-12-13-28-29(15-25)45-19-44-28)17-27(37)26(33-32(38)39)14-21-4-8-24(9-5-21)43-18-30-34-31(46-35-30)22-6-10-23(42-3)11-7-22/h4-13,15,20,26-27,33,37H,14,16-19H2,1-3H3,(H,38,39)/t26-,27+/m0/s1. The Morgan fingerprint density at radius 1 is 1.00 bits per heavy atom. The summed E-state index contributed by atoms with van der Waals surface area (Å²) in [4.78, 5) is 16.0. The summed E-state index contributed by atoms with van der Waals surface area (Å²) >= 11 is 0. The molecule has 0 radical (unpaired) electrons. The minimum atomic E-state index is -4.08. The molecule has 0 saturated heterocycles. The number of benzene rings is 3. The number of methoxy groups -OCH3 is 1. The van der Waals surface area contributed by atoms with Crippen molar-refractivity contribution in [3.8, 4) is 34.5 Å². The van der Waals surface area contributed by atoms with Crippen molar-refractivity contribution in [1.82, 2.24) is 19.8 Å². The first kappa shape index (κ1) is 33.5. The second-order valence-electron chi connectivity index (χ2n) is 11.2. The van der Waals surface area contributed by atoms with E-state index in [-0.39, 0.29) is 43.7 Å². The fraction of sp³-hybridized carbons (Fsp3) is 0.344. The molecule has 2 atom stereocenters. The molecule has 0 saturated carbocycles. The quantitative estimate of drug-likeness (QED) is 0.166. The lowest BCUT2D eigenvalue weighted by Crippen LogP contribution is -2.50. The average molecular weight is 669 g/mol. The summed E-state index contributed by atoms with van der Waals surface area (Å²) in [5.74, 6) is 2.57. The number of hydrogen-bond acceptors (Lipinski definition) is 11. The number of aromatic nitrogens is 2. The number of hydrogen-bond donors (Lipinski definition) is 3. The van der Waals surface area contributed by atoms with Gasteiger partial charge in [-0.15, -0.1) is 0 Å². The SMILES string of the molecule is COc1ccc(-c2nc(COc3ccc(C[C@H](NC(=O)O)[C@H](O)CN(CC(C)C)S(=O)(=O)c4ccc5c(c4)OCO5)cc3)no2)cc1. The van der Waals surface area contributed by atoms with Crippen molar-refractivity contribution in [2.75, 3.05) is 27.0 Å². The maximum Gasteiger partial charge on any atom is 0.404 e. The largest absolute Gasteiger partial charge is 0.497 e. The van der Waals surface area contributed by atoms with Gasteiger partial charge in [-0.1, -0.05) is 31.1 Å². The first-order valence-electron chi connectivity index (χ1n) is 14.8. The molecule has 15 heteroatoms. The zero-order chi connectivity index (χ0) is 33.6. The molecule has 1 amide bonds. The summed E-state index contributed by atoms with van der Waals surface area (Å²) in [5, 5.41) is 27.0. The van der Waals surface area contributed by atoms with Crippen LogP contribution in [0.2, 0.25) is 0 Å². The number of sulfonamides is 1. The second-order valence-corrected chi connectivity index (χ2v) is 13.2. The minimum Gasteiger partial charge on any atom is -0.497 e. The van der Waals surface area contributed by atoms with Gasteiger partial charge in [-0.2, -0.15) is 9.29 Å². The third-order valence-corrected chi connectivity index (χ3v) is 9.09. The predicted octanol–water partition coefficient (Wildman–Crippen LogP) is 3.94. The van der Waals surface area contributed by atoms with E-state index in [2.05, 4.69) is 15.5 Å². The Morgan fingerprint density at radius 3 is 2.38 bits per heavy atom. The number of amides is 1. The Kier molecular flexibility index (Phi) is 10.5. The highest BCUT2D eigenvalue weighted by Gasteiger charge is 2.32. The molecule has 5 rings (SSSR count). The number of carboxylic acid groups (broad SMARTS) is 1. The van der Waals surface area contributed by atoms with E-state index in [1.54, 1.807) is 55.6 Å². The molecule has 4 aromatic rings. The monoisotopic (exact) mass is 668 g/mol. The fourth-order valence-electron chi connectivity index (χ4n) is 4.93. The van der Waals surface area contributed by atoms with Gasteiger partial charge < -0.3 is 39.0 Å². The Labute approximate surface area is 271 Å². The summed E-state index contributed by atoms with van der Waals surface area (Å²) in [6.07, 6.45) is -2.64. The number of rotatable bonds is 15. The smallest absolute Gasteiger partial charge is 0.404 e. The molecule has 1 aliphatic rings. The molecule has 1 aliphatic heterocycles. The van der Waals surface area contributed by atoms with Gasteiger partial charge in [0.15, 0.2) is 18.1 Å². The van der Waals surface area contributed by atoms with Gasteiger partial charge in [0.2, 0.25) is 22.6 Å². The highest BCUT2D eigenvalue weighted by atomic mass is 32.2. The Balaban J connectivity index is 1.23. The zero-order valence-corrected chi connectivity index (χ0v) is 26.8. The maximum atomic E-state index is 13.7. The summed E-state index contributed by atoms with van der Waals surface area (Å²) in [7, 11) is -2.49. The third-order valence-electron chi connectivity index (χ3n) is 7.27. The highest BCUT2D eigenvalue weighted by molar-refractivity contribution is 7.89. The molecule has 2 heterocycles. The molecule has 1 aromatic heterocycles. The van der Waals surface area contributed by atoms with Crippen LogP contribution < -0.4 is 24.3 Å². The van der Waals surface area contributed by atoms with Crippen LogP contribution in [0, 0.1) is 5.92 Å². The van der Waals surface area contributed by atoms with Crippen LogP contribution in [-0.2, 0) is 23.1 Å².